The zero-order valence-corrected chi connectivity index (χ0v) is 15.4. The highest BCUT2D eigenvalue weighted by atomic mass is 19.4. The highest BCUT2D eigenvalue weighted by Crippen LogP contribution is 2.41. The minimum absolute atomic E-state index is 0.227. The summed E-state index contributed by atoms with van der Waals surface area (Å²) in [6, 6.07) is 14.9. The van der Waals surface area contributed by atoms with Gasteiger partial charge in [-0.2, -0.15) is 13.2 Å². The Labute approximate surface area is 154 Å². The molecule has 4 heteroatoms. The third-order valence-corrected chi connectivity index (χ3v) is 5.78. The number of rotatable bonds is 6. The molecule has 2 aromatic rings. The van der Waals surface area contributed by atoms with Crippen molar-refractivity contribution in [2.24, 2.45) is 11.8 Å². The Morgan fingerprint density at radius 3 is 2.65 bits per heavy atom. The van der Waals surface area contributed by atoms with Gasteiger partial charge in [-0.15, -0.1) is 0 Å². The second-order valence-electron chi connectivity index (χ2n) is 7.66. The Morgan fingerprint density at radius 2 is 1.85 bits per heavy atom. The van der Waals surface area contributed by atoms with Gasteiger partial charge in [-0.05, 0) is 61.4 Å². The van der Waals surface area contributed by atoms with Gasteiger partial charge in [0, 0.05) is 6.04 Å². The predicted octanol–water partition coefficient (Wildman–Crippen LogP) is 6.64. The number of benzene rings is 2. The fourth-order valence-electron chi connectivity index (χ4n) is 4.30. The molecule has 142 valence electrons. The van der Waals surface area contributed by atoms with Crippen molar-refractivity contribution in [3.8, 4) is 0 Å². The van der Waals surface area contributed by atoms with Gasteiger partial charge in [0.15, 0.2) is 0 Å². The van der Waals surface area contributed by atoms with E-state index in [0.717, 1.165) is 25.8 Å². The van der Waals surface area contributed by atoms with E-state index in [-0.39, 0.29) is 12.0 Å². The first-order valence-electron chi connectivity index (χ1n) is 9.73. The van der Waals surface area contributed by atoms with Crippen LogP contribution in [0.3, 0.4) is 0 Å². The molecular formula is C22H28F3N. The molecule has 1 aliphatic rings. The van der Waals surface area contributed by atoms with Crippen molar-refractivity contribution in [3.05, 3.63) is 48.0 Å². The minimum Gasteiger partial charge on any atom is -0.310 e. The van der Waals surface area contributed by atoms with Crippen LogP contribution in [0.4, 0.5) is 13.2 Å². The molecule has 0 saturated heterocycles. The molecule has 2 aromatic carbocycles. The largest absolute Gasteiger partial charge is 0.391 e. The highest BCUT2D eigenvalue weighted by Gasteiger charge is 2.41. The van der Waals surface area contributed by atoms with Gasteiger partial charge >= 0.3 is 6.18 Å². The summed E-state index contributed by atoms with van der Waals surface area (Å²) in [6.45, 7) is 3.00. The first-order chi connectivity index (χ1) is 12.4. The molecule has 3 atom stereocenters. The molecule has 0 amide bonds. The summed E-state index contributed by atoms with van der Waals surface area (Å²) >= 11 is 0. The number of alkyl halides is 3. The van der Waals surface area contributed by atoms with Crippen LogP contribution in [-0.2, 0) is 0 Å². The second-order valence-corrected chi connectivity index (χ2v) is 7.66. The first-order valence-corrected chi connectivity index (χ1v) is 9.73. The molecule has 0 radical (unpaired) electrons. The van der Waals surface area contributed by atoms with Gasteiger partial charge in [0.1, 0.15) is 0 Å². The van der Waals surface area contributed by atoms with Crippen LogP contribution >= 0.6 is 0 Å². The maximum atomic E-state index is 12.9. The van der Waals surface area contributed by atoms with Crippen molar-refractivity contribution in [3.63, 3.8) is 0 Å². The van der Waals surface area contributed by atoms with E-state index in [9.17, 15) is 13.2 Å². The zero-order valence-electron chi connectivity index (χ0n) is 15.4. The number of halogens is 3. The molecular weight excluding hydrogens is 335 g/mol. The van der Waals surface area contributed by atoms with Crippen LogP contribution in [0.5, 0.6) is 0 Å². The monoisotopic (exact) mass is 363 g/mol. The average Bonchev–Trinajstić information content (AvgIpc) is 2.64. The quantitative estimate of drug-likeness (QED) is 0.567. The van der Waals surface area contributed by atoms with Crippen molar-refractivity contribution in [1.29, 1.82) is 0 Å². The number of hydrogen-bond acceptors (Lipinski definition) is 1. The Morgan fingerprint density at radius 1 is 1.08 bits per heavy atom. The summed E-state index contributed by atoms with van der Waals surface area (Å²) in [5, 5.41) is 6.04. The fourth-order valence-corrected chi connectivity index (χ4v) is 4.30. The van der Waals surface area contributed by atoms with Crippen molar-refractivity contribution in [1.82, 2.24) is 5.32 Å². The normalized spacial score (nSPS) is 22.5. The summed E-state index contributed by atoms with van der Waals surface area (Å²) in [5.74, 6) is -0.853. The third-order valence-electron chi connectivity index (χ3n) is 5.78. The summed E-state index contributed by atoms with van der Waals surface area (Å²) in [7, 11) is 0. The Balaban J connectivity index is 1.47. The molecule has 26 heavy (non-hydrogen) atoms. The van der Waals surface area contributed by atoms with E-state index in [1.54, 1.807) is 0 Å². The lowest BCUT2D eigenvalue weighted by atomic mass is 9.79. The van der Waals surface area contributed by atoms with Crippen molar-refractivity contribution in [2.45, 2.75) is 57.7 Å². The van der Waals surface area contributed by atoms with Gasteiger partial charge < -0.3 is 5.32 Å². The molecule has 0 aliphatic heterocycles. The minimum atomic E-state index is -4.01. The number of hydrogen-bond donors (Lipinski definition) is 1. The summed E-state index contributed by atoms with van der Waals surface area (Å²) in [5.41, 5.74) is 1.28. The Bertz CT molecular complexity index is 705. The van der Waals surface area contributed by atoms with Crippen LogP contribution in [-0.4, -0.2) is 12.7 Å². The van der Waals surface area contributed by atoms with E-state index in [1.807, 2.05) is 6.07 Å². The fraction of sp³-hybridized carbons (Fsp3) is 0.545. The van der Waals surface area contributed by atoms with Gasteiger partial charge in [0.2, 0.25) is 0 Å². The van der Waals surface area contributed by atoms with Crippen molar-refractivity contribution < 1.29 is 13.2 Å². The van der Waals surface area contributed by atoms with Crippen LogP contribution in [0.2, 0.25) is 0 Å². The number of nitrogens with one attached hydrogen (secondary N) is 1. The molecule has 2 unspecified atom stereocenters. The van der Waals surface area contributed by atoms with Crippen molar-refractivity contribution >= 4 is 10.8 Å². The van der Waals surface area contributed by atoms with Gasteiger partial charge in [0.25, 0.3) is 0 Å². The first kappa shape index (κ1) is 19.2. The molecule has 1 nitrogen and oxygen atoms in total. The Hall–Kier alpha value is -1.55. The van der Waals surface area contributed by atoms with Crippen LogP contribution in [0.15, 0.2) is 42.5 Å². The molecule has 1 N–H and O–H groups in total. The standard InChI is InChI=1S/C22H28F3N/c1-16(20-13-5-10-18-9-2-3-12-21(18)20)26-14-6-8-17-7-4-11-19(15-17)22(23,24)25/h2-3,5,9-10,12-13,16-17,19,26H,4,6-8,11,14-15H2,1H3/t16-,17?,19?/m1/s1. The second kappa shape index (κ2) is 8.43. The molecule has 0 heterocycles. The van der Waals surface area contributed by atoms with Gasteiger partial charge in [0.05, 0.1) is 5.92 Å². The maximum absolute atomic E-state index is 12.9. The molecule has 1 fully saturated rings. The topological polar surface area (TPSA) is 12.0 Å². The molecule has 0 spiro atoms. The predicted molar refractivity (Wildman–Crippen MR) is 101 cm³/mol. The lowest BCUT2D eigenvalue weighted by molar-refractivity contribution is -0.185. The van der Waals surface area contributed by atoms with E-state index in [0.29, 0.717) is 19.3 Å². The Kier molecular flexibility index (Phi) is 6.23. The van der Waals surface area contributed by atoms with E-state index >= 15 is 0 Å². The van der Waals surface area contributed by atoms with Crippen LogP contribution in [0, 0.1) is 11.8 Å². The van der Waals surface area contributed by atoms with E-state index < -0.39 is 12.1 Å². The van der Waals surface area contributed by atoms with Crippen LogP contribution in [0.1, 0.15) is 57.1 Å². The molecule has 0 bridgehead atoms. The highest BCUT2D eigenvalue weighted by molar-refractivity contribution is 5.86. The van der Waals surface area contributed by atoms with E-state index in [2.05, 4.69) is 48.6 Å². The van der Waals surface area contributed by atoms with E-state index in [1.165, 1.54) is 16.3 Å². The summed E-state index contributed by atoms with van der Waals surface area (Å²) < 4.78 is 38.7. The van der Waals surface area contributed by atoms with Gasteiger partial charge in [-0.25, -0.2) is 0 Å². The van der Waals surface area contributed by atoms with Gasteiger partial charge in [-0.1, -0.05) is 55.3 Å². The molecule has 1 aliphatic carbocycles. The number of fused-ring (bicyclic) bond motifs is 1. The maximum Gasteiger partial charge on any atom is 0.391 e. The average molecular weight is 363 g/mol. The van der Waals surface area contributed by atoms with Gasteiger partial charge in [-0.3, -0.25) is 0 Å². The van der Waals surface area contributed by atoms with Crippen molar-refractivity contribution in [2.75, 3.05) is 6.54 Å². The third kappa shape index (κ3) is 4.79. The summed E-state index contributed by atoms with van der Waals surface area (Å²) in [4.78, 5) is 0. The molecule has 3 rings (SSSR count). The lowest BCUT2D eigenvalue weighted by Gasteiger charge is -2.30. The van der Waals surface area contributed by atoms with Crippen LogP contribution < -0.4 is 5.32 Å². The molecule has 0 aromatic heterocycles. The zero-order chi connectivity index (χ0) is 18.6. The SMILES string of the molecule is C[C@@H](NCCCC1CCCC(C(F)(F)F)C1)c1cccc2ccccc12. The van der Waals surface area contributed by atoms with Crippen LogP contribution in [0.25, 0.3) is 10.8 Å². The summed E-state index contributed by atoms with van der Waals surface area (Å²) in [6.07, 6.45) is 0.116. The lowest BCUT2D eigenvalue weighted by Crippen LogP contribution is -2.29. The van der Waals surface area contributed by atoms with E-state index in [4.69, 9.17) is 0 Å². The molecule has 1 saturated carbocycles. The smallest absolute Gasteiger partial charge is 0.310 e.